The number of aryl methyl sites for hydroxylation is 2. The molecule has 3 aromatic rings. The molecule has 0 saturated carbocycles. The molecule has 1 fully saturated rings. The van der Waals surface area contributed by atoms with Crippen molar-refractivity contribution in [2.75, 3.05) is 13.1 Å². The van der Waals surface area contributed by atoms with Crippen molar-refractivity contribution < 1.29 is 14.0 Å². The Morgan fingerprint density at radius 1 is 1.18 bits per heavy atom. The summed E-state index contributed by atoms with van der Waals surface area (Å²) in [6.07, 6.45) is 4.57. The number of likely N-dealkylation sites (tertiary alicyclic amines) is 1. The van der Waals surface area contributed by atoms with Gasteiger partial charge < -0.3 is 10.2 Å². The van der Waals surface area contributed by atoms with Gasteiger partial charge in [0.25, 0.3) is 5.56 Å². The second kappa shape index (κ2) is 9.79. The lowest BCUT2D eigenvalue weighted by atomic mass is 10.1. The van der Waals surface area contributed by atoms with Crippen molar-refractivity contribution in [1.29, 1.82) is 0 Å². The number of aromatic nitrogens is 3. The van der Waals surface area contributed by atoms with Gasteiger partial charge in [0.05, 0.1) is 17.4 Å². The van der Waals surface area contributed by atoms with Crippen LogP contribution in [-0.4, -0.2) is 50.0 Å². The molecular weight excluding hydrogens is 437 g/mol. The topological polar surface area (TPSA) is 89.2 Å². The van der Waals surface area contributed by atoms with E-state index in [1.807, 2.05) is 13.8 Å². The molecule has 2 aromatic heterocycles. The van der Waals surface area contributed by atoms with Crippen molar-refractivity contribution in [1.82, 2.24) is 24.3 Å². The minimum Gasteiger partial charge on any atom is -0.345 e. The van der Waals surface area contributed by atoms with Crippen LogP contribution in [0.4, 0.5) is 4.39 Å². The van der Waals surface area contributed by atoms with Gasteiger partial charge in [0.15, 0.2) is 5.65 Å². The summed E-state index contributed by atoms with van der Waals surface area (Å²) in [6.45, 7) is 6.99. The fourth-order valence-corrected chi connectivity index (χ4v) is 4.56. The van der Waals surface area contributed by atoms with Crippen molar-refractivity contribution >= 4 is 22.8 Å². The zero-order valence-corrected chi connectivity index (χ0v) is 19.8. The predicted octanol–water partition coefficient (Wildman–Crippen LogP) is 2.85. The van der Waals surface area contributed by atoms with Gasteiger partial charge in [-0.2, -0.15) is 0 Å². The smallest absolute Gasteiger partial charge is 0.263 e. The van der Waals surface area contributed by atoms with Crippen LogP contribution in [0.2, 0.25) is 0 Å². The summed E-state index contributed by atoms with van der Waals surface area (Å²) >= 11 is 0. The van der Waals surface area contributed by atoms with E-state index < -0.39 is 6.04 Å². The van der Waals surface area contributed by atoms with Crippen LogP contribution in [0.1, 0.15) is 43.9 Å². The molecule has 1 aliphatic rings. The summed E-state index contributed by atoms with van der Waals surface area (Å²) in [5.41, 5.74) is 2.34. The molecule has 1 aromatic carbocycles. The Bertz CT molecular complexity index is 1290. The summed E-state index contributed by atoms with van der Waals surface area (Å²) < 4.78 is 17.0. The van der Waals surface area contributed by atoms with E-state index in [9.17, 15) is 18.8 Å². The monoisotopic (exact) mass is 467 g/mol. The first-order valence-corrected chi connectivity index (χ1v) is 11.7. The lowest BCUT2D eigenvalue weighted by Gasteiger charge is -2.29. The van der Waals surface area contributed by atoms with Crippen molar-refractivity contribution in [3.05, 3.63) is 58.0 Å². The van der Waals surface area contributed by atoms with Gasteiger partial charge >= 0.3 is 0 Å². The van der Waals surface area contributed by atoms with E-state index in [4.69, 9.17) is 0 Å². The maximum atomic E-state index is 13.8. The highest BCUT2D eigenvalue weighted by atomic mass is 19.1. The number of carbonyl (C=O) groups is 2. The van der Waals surface area contributed by atoms with Crippen LogP contribution >= 0.6 is 0 Å². The van der Waals surface area contributed by atoms with Crippen LogP contribution in [0.5, 0.6) is 0 Å². The largest absolute Gasteiger partial charge is 0.345 e. The Morgan fingerprint density at radius 2 is 1.91 bits per heavy atom. The number of halogens is 1. The summed E-state index contributed by atoms with van der Waals surface area (Å²) in [4.78, 5) is 44.5. The maximum absolute atomic E-state index is 13.8. The standard InChI is InChI=1S/C25H30FN5O3/c1-16-18(3)31(20-9-7-8-19(26)14-20)23-22(16)25(34)30(15-27-23)13-10-21(32)28-17(2)24(33)29-11-5-4-6-12-29/h7-9,14-15,17H,4-6,10-13H2,1-3H3,(H,28,32)/t17-/m1/s1. The van der Waals surface area contributed by atoms with Crippen molar-refractivity contribution in [3.63, 3.8) is 0 Å². The molecular formula is C25H30FN5O3. The molecule has 1 N–H and O–H groups in total. The Balaban J connectivity index is 1.49. The third-order valence-electron chi connectivity index (χ3n) is 6.54. The normalized spacial score (nSPS) is 14.9. The number of fused-ring (bicyclic) bond motifs is 1. The number of benzene rings is 1. The zero-order valence-electron chi connectivity index (χ0n) is 19.8. The maximum Gasteiger partial charge on any atom is 0.263 e. The van der Waals surface area contributed by atoms with E-state index in [0.29, 0.717) is 16.7 Å². The number of carbonyl (C=O) groups excluding carboxylic acids is 2. The van der Waals surface area contributed by atoms with Gasteiger partial charge in [0, 0.05) is 31.7 Å². The average molecular weight is 468 g/mol. The summed E-state index contributed by atoms with van der Waals surface area (Å²) in [5.74, 6) is -0.739. The highest BCUT2D eigenvalue weighted by Crippen LogP contribution is 2.25. The minimum absolute atomic E-state index is 0.0490. The summed E-state index contributed by atoms with van der Waals surface area (Å²) in [7, 11) is 0. The van der Waals surface area contributed by atoms with E-state index >= 15 is 0 Å². The van der Waals surface area contributed by atoms with Gasteiger partial charge in [-0.25, -0.2) is 9.37 Å². The second-order valence-corrected chi connectivity index (χ2v) is 8.89. The molecule has 0 aliphatic carbocycles. The fourth-order valence-electron chi connectivity index (χ4n) is 4.56. The average Bonchev–Trinajstić information content (AvgIpc) is 3.09. The van der Waals surface area contributed by atoms with E-state index in [1.54, 1.807) is 28.5 Å². The molecule has 1 atom stereocenters. The second-order valence-electron chi connectivity index (χ2n) is 8.89. The zero-order chi connectivity index (χ0) is 24.4. The van der Waals surface area contributed by atoms with Crippen LogP contribution in [0, 0.1) is 19.7 Å². The van der Waals surface area contributed by atoms with Crippen LogP contribution in [0.15, 0.2) is 35.4 Å². The van der Waals surface area contributed by atoms with Crippen LogP contribution in [0.25, 0.3) is 16.7 Å². The number of piperidine rings is 1. The minimum atomic E-state index is -0.604. The van der Waals surface area contributed by atoms with E-state index in [2.05, 4.69) is 10.3 Å². The quantitative estimate of drug-likeness (QED) is 0.604. The molecule has 2 amide bonds. The number of amides is 2. The number of rotatable bonds is 6. The Kier molecular flexibility index (Phi) is 6.81. The third kappa shape index (κ3) is 4.60. The van der Waals surface area contributed by atoms with Crippen molar-refractivity contribution in [2.24, 2.45) is 0 Å². The SMILES string of the molecule is Cc1c(C)n(-c2cccc(F)c2)c2ncn(CCC(=O)N[C@H](C)C(=O)N3CCCCC3)c(=O)c12. The van der Waals surface area contributed by atoms with E-state index in [0.717, 1.165) is 43.6 Å². The molecule has 1 aliphatic heterocycles. The predicted molar refractivity (Wildman–Crippen MR) is 127 cm³/mol. The Morgan fingerprint density at radius 3 is 2.62 bits per heavy atom. The first-order chi connectivity index (χ1) is 16.3. The van der Waals surface area contributed by atoms with E-state index in [1.165, 1.54) is 23.0 Å². The molecule has 1 saturated heterocycles. The highest BCUT2D eigenvalue weighted by Gasteiger charge is 2.23. The van der Waals surface area contributed by atoms with Gasteiger partial charge in [-0.3, -0.25) is 23.5 Å². The molecule has 0 unspecified atom stereocenters. The first kappa shape index (κ1) is 23.7. The number of nitrogens with one attached hydrogen (secondary N) is 1. The number of nitrogens with zero attached hydrogens (tertiary/aromatic N) is 4. The Hall–Kier alpha value is -3.49. The van der Waals surface area contributed by atoms with Crippen LogP contribution < -0.4 is 10.9 Å². The number of hydrogen-bond donors (Lipinski definition) is 1. The molecule has 180 valence electrons. The highest BCUT2D eigenvalue weighted by molar-refractivity contribution is 5.87. The molecule has 0 bridgehead atoms. The molecule has 34 heavy (non-hydrogen) atoms. The lowest BCUT2D eigenvalue weighted by Crippen LogP contribution is -2.48. The Labute approximate surface area is 197 Å². The summed E-state index contributed by atoms with van der Waals surface area (Å²) in [6, 6.07) is 5.54. The molecule has 4 rings (SSSR count). The molecule has 0 radical (unpaired) electrons. The van der Waals surface area contributed by atoms with Gasteiger partial charge in [-0.1, -0.05) is 6.07 Å². The lowest BCUT2D eigenvalue weighted by molar-refractivity contribution is -0.136. The van der Waals surface area contributed by atoms with Crippen LogP contribution in [-0.2, 0) is 16.1 Å². The first-order valence-electron chi connectivity index (χ1n) is 11.7. The van der Waals surface area contributed by atoms with Gasteiger partial charge in [0.1, 0.15) is 11.9 Å². The van der Waals surface area contributed by atoms with Crippen molar-refractivity contribution in [3.8, 4) is 5.69 Å². The molecule has 3 heterocycles. The van der Waals surface area contributed by atoms with E-state index in [-0.39, 0.29) is 36.2 Å². The summed E-state index contributed by atoms with van der Waals surface area (Å²) in [5, 5.41) is 3.19. The van der Waals surface area contributed by atoms with Gasteiger partial charge in [0.2, 0.25) is 11.8 Å². The van der Waals surface area contributed by atoms with Gasteiger partial charge in [-0.15, -0.1) is 0 Å². The fraction of sp³-hybridized carbons (Fsp3) is 0.440. The van der Waals surface area contributed by atoms with Gasteiger partial charge in [-0.05, 0) is 63.8 Å². The molecule has 8 nitrogen and oxygen atoms in total. The molecule has 0 spiro atoms. The third-order valence-corrected chi connectivity index (χ3v) is 6.54. The van der Waals surface area contributed by atoms with Crippen LogP contribution in [0.3, 0.4) is 0 Å². The molecule has 9 heteroatoms. The number of hydrogen-bond acceptors (Lipinski definition) is 4. The van der Waals surface area contributed by atoms with Crippen molar-refractivity contribution in [2.45, 2.75) is 59.0 Å².